The maximum Gasteiger partial charge on any atom is 0.203 e. The van der Waals surface area contributed by atoms with E-state index in [9.17, 15) is 4.39 Å². The fourth-order valence-corrected chi connectivity index (χ4v) is 2.80. The molecular weight excluding hydrogens is 333 g/mol. The van der Waals surface area contributed by atoms with Crippen LogP contribution in [0.5, 0.6) is 5.75 Å². The number of aromatic nitrogens is 4. The van der Waals surface area contributed by atoms with Crippen molar-refractivity contribution < 1.29 is 9.13 Å². The van der Waals surface area contributed by atoms with E-state index in [4.69, 9.17) is 4.74 Å². The lowest BCUT2D eigenvalue weighted by atomic mass is 10.2. The Labute approximate surface area is 149 Å². The topological polar surface area (TPSA) is 64.3 Å². The third kappa shape index (κ3) is 2.95. The summed E-state index contributed by atoms with van der Waals surface area (Å²) in [7, 11) is 1.64. The molecule has 2 aromatic carbocycles. The van der Waals surface area contributed by atoms with E-state index >= 15 is 0 Å². The Hall–Kier alpha value is -3.48. The van der Waals surface area contributed by atoms with Gasteiger partial charge in [-0.25, -0.2) is 9.37 Å². The van der Waals surface area contributed by atoms with Gasteiger partial charge in [0.2, 0.25) is 5.65 Å². The number of benzene rings is 2. The summed E-state index contributed by atoms with van der Waals surface area (Å²) < 4.78 is 20.7. The second-order valence-electron chi connectivity index (χ2n) is 5.67. The summed E-state index contributed by atoms with van der Waals surface area (Å²) in [6, 6.07) is 14.0. The number of hydrogen-bond acceptors (Lipinski definition) is 5. The van der Waals surface area contributed by atoms with E-state index in [0.29, 0.717) is 29.4 Å². The van der Waals surface area contributed by atoms with Crippen LogP contribution in [0.25, 0.3) is 17.0 Å². The summed E-state index contributed by atoms with van der Waals surface area (Å²) in [5.41, 5.74) is 2.23. The number of rotatable bonds is 5. The van der Waals surface area contributed by atoms with E-state index in [1.807, 2.05) is 24.3 Å². The molecule has 26 heavy (non-hydrogen) atoms. The molecular formula is C19H16FN5O. The van der Waals surface area contributed by atoms with Gasteiger partial charge in [-0.15, -0.1) is 10.2 Å². The predicted octanol–water partition coefficient (Wildman–Crippen LogP) is 3.55. The third-order valence-corrected chi connectivity index (χ3v) is 4.05. The zero-order valence-electron chi connectivity index (χ0n) is 14.1. The van der Waals surface area contributed by atoms with Gasteiger partial charge in [-0.1, -0.05) is 30.3 Å². The lowest BCUT2D eigenvalue weighted by Crippen LogP contribution is -2.05. The Balaban J connectivity index is 1.67. The van der Waals surface area contributed by atoms with Crippen LogP contribution in [-0.4, -0.2) is 26.7 Å². The molecule has 0 spiro atoms. The molecule has 6 nitrogen and oxygen atoms in total. The van der Waals surface area contributed by atoms with Gasteiger partial charge in [-0.05, 0) is 18.2 Å². The minimum atomic E-state index is -0.317. The number of nitrogens with one attached hydrogen (secondary N) is 1. The van der Waals surface area contributed by atoms with E-state index in [-0.39, 0.29) is 5.82 Å². The van der Waals surface area contributed by atoms with Crippen molar-refractivity contribution in [2.75, 3.05) is 12.4 Å². The maximum absolute atomic E-state index is 13.5. The van der Waals surface area contributed by atoms with Gasteiger partial charge in [0, 0.05) is 30.1 Å². The summed E-state index contributed by atoms with van der Waals surface area (Å²) in [5.74, 6) is 1.63. The predicted molar refractivity (Wildman–Crippen MR) is 96.5 cm³/mol. The molecule has 0 aliphatic heterocycles. The second-order valence-corrected chi connectivity index (χ2v) is 5.67. The zero-order valence-corrected chi connectivity index (χ0v) is 14.1. The standard InChI is InChI=1S/C19H16FN5O/c1-26-16-8-3-2-5-14(16)12-22-17-19-24-23-18(25(19)10-9-21-17)13-6-4-7-15(20)11-13/h2-11H,12H2,1H3,(H,21,22). The number of ether oxygens (including phenoxy) is 1. The highest BCUT2D eigenvalue weighted by Gasteiger charge is 2.13. The van der Waals surface area contributed by atoms with E-state index < -0.39 is 0 Å². The number of methoxy groups -OCH3 is 1. The van der Waals surface area contributed by atoms with Crippen molar-refractivity contribution in [3.05, 3.63) is 72.3 Å². The van der Waals surface area contributed by atoms with Crippen molar-refractivity contribution in [2.45, 2.75) is 6.54 Å². The highest BCUT2D eigenvalue weighted by molar-refractivity contribution is 5.67. The van der Waals surface area contributed by atoms with Gasteiger partial charge in [-0.2, -0.15) is 0 Å². The number of halogens is 1. The van der Waals surface area contributed by atoms with Crippen LogP contribution in [0.2, 0.25) is 0 Å². The first-order valence-corrected chi connectivity index (χ1v) is 8.07. The Kier molecular flexibility index (Phi) is 4.18. The number of para-hydroxylation sites is 1. The first kappa shape index (κ1) is 16.0. The van der Waals surface area contributed by atoms with Crippen LogP contribution in [0.1, 0.15) is 5.56 Å². The molecule has 0 amide bonds. The Morgan fingerprint density at radius 3 is 2.85 bits per heavy atom. The van der Waals surface area contributed by atoms with Gasteiger partial charge in [0.15, 0.2) is 11.6 Å². The average Bonchev–Trinajstić information content (AvgIpc) is 3.11. The number of nitrogens with zero attached hydrogens (tertiary/aromatic N) is 4. The minimum Gasteiger partial charge on any atom is -0.496 e. The number of anilines is 1. The summed E-state index contributed by atoms with van der Waals surface area (Å²) in [5, 5.41) is 11.7. The minimum absolute atomic E-state index is 0.317. The number of fused-ring (bicyclic) bond motifs is 1. The molecule has 0 saturated carbocycles. The maximum atomic E-state index is 13.5. The molecule has 0 aliphatic rings. The third-order valence-electron chi connectivity index (χ3n) is 4.05. The highest BCUT2D eigenvalue weighted by Crippen LogP contribution is 2.23. The monoisotopic (exact) mass is 349 g/mol. The largest absolute Gasteiger partial charge is 0.496 e. The molecule has 0 saturated heterocycles. The van der Waals surface area contributed by atoms with Crippen molar-refractivity contribution in [3.8, 4) is 17.1 Å². The van der Waals surface area contributed by atoms with Gasteiger partial charge in [0.05, 0.1) is 7.11 Å². The molecule has 130 valence electrons. The van der Waals surface area contributed by atoms with Crippen LogP contribution in [0.3, 0.4) is 0 Å². The highest BCUT2D eigenvalue weighted by atomic mass is 19.1. The molecule has 0 fully saturated rings. The Morgan fingerprint density at radius 1 is 1.12 bits per heavy atom. The van der Waals surface area contributed by atoms with E-state index in [2.05, 4.69) is 20.5 Å². The fourth-order valence-electron chi connectivity index (χ4n) is 2.80. The molecule has 1 N–H and O–H groups in total. The molecule has 0 atom stereocenters. The second kappa shape index (κ2) is 6.79. The first-order valence-electron chi connectivity index (χ1n) is 8.07. The molecule has 0 bridgehead atoms. The van der Waals surface area contributed by atoms with Crippen LogP contribution in [-0.2, 0) is 6.54 Å². The van der Waals surface area contributed by atoms with E-state index in [1.54, 1.807) is 36.0 Å². The molecule has 2 aromatic heterocycles. The van der Waals surface area contributed by atoms with Crippen LogP contribution < -0.4 is 10.1 Å². The van der Waals surface area contributed by atoms with Crippen LogP contribution in [0, 0.1) is 5.82 Å². The molecule has 0 radical (unpaired) electrons. The van der Waals surface area contributed by atoms with Crippen molar-refractivity contribution in [1.29, 1.82) is 0 Å². The normalized spacial score (nSPS) is 10.8. The van der Waals surface area contributed by atoms with Gasteiger partial charge in [0.1, 0.15) is 11.6 Å². The Morgan fingerprint density at radius 2 is 2.00 bits per heavy atom. The van der Waals surface area contributed by atoms with Crippen molar-refractivity contribution in [2.24, 2.45) is 0 Å². The van der Waals surface area contributed by atoms with Crippen molar-refractivity contribution in [1.82, 2.24) is 19.6 Å². The Bertz CT molecular complexity index is 1060. The van der Waals surface area contributed by atoms with E-state index in [0.717, 1.165) is 11.3 Å². The molecule has 7 heteroatoms. The van der Waals surface area contributed by atoms with Crippen molar-refractivity contribution in [3.63, 3.8) is 0 Å². The summed E-state index contributed by atoms with van der Waals surface area (Å²) in [4.78, 5) is 4.35. The molecule has 4 rings (SSSR count). The van der Waals surface area contributed by atoms with Crippen LogP contribution in [0.15, 0.2) is 60.9 Å². The van der Waals surface area contributed by atoms with Crippen LogP contribution >= 0.6 is 0 Å². The first-order chi connectivity index (χ1) is 12.8. The van der Waals surface area contributed by atoms with Gasteiger partial charge in [-0.3, -0.25) is 4.40 Å². The van der Waals surface area contributed by atoms with E-state index in [1.165, 1.54) is 12.1 Å². The lowest BCUT2D eigenvalue weighted by Gasteiger charge is -2.10. The smallest absolute Gasteiger partial charge is 0.203 e. The van der Waals surface area contributed by atoms with Crippen molar-refractivity contribution >= 4 is 11.5 Å². The molecule has 0 unspecified atom stereocenters. The SMILES string of the molecule is COc1ccccc1CNc1nccn2c(-c3cccc(F)c3)nnc12. The quantitative estimate of drug-likeness (QED) is 0.597. The lowest BCUT2D eigenvalue weighted by molar-refractivity contribution is 0.410. The fraction of sp³-hybridized carbons (Fsp3) is 0.105. The van der Waals surface area contributed by atoms with Gasteiger partial charge in [0.25, 0.3) is 0 Å². The summed E-state index contributed by atoms with van der Waals surface area (Å²) in [6.45, 7) is 0.527. The van der Waals surface area contributed by atoms with Gasteiger partial charge >= 0.3 is 0 Å². The van der Waals surface area contributed by atoms with Gasteiger partial charge < -0.3 is 10.1 Å². The summed E-state index contributed by atoms with van der Waals surface area (Å²) >= 11 is 0. The molecule has 4 aromatic rings. The summed E-state index contributed by atoms with van der Waals surface area (Å²) in [6.07, 6.45) is 3.41. The number of hydrogen-bond donors (Lipinski definition) is 1. The molecule has 0 aliphatic carbocycles. The van der Waals surface area contributed by atoms with Crippen LogP contribution in [0.4, 0.5) is 10.2 Å². The zero-order chi connectivity index (χ0) is 17.9. The average molecular weight is 349 g/mol. The molecule has 2 heterocycles.